The maximum absolute atomic E-state index is 13.2. The number of hydrogen-bond donors (Lipinski definition) is 3. The van der Waals surface area contributed by atoms with Gasteiger partial charge >= 0.3 is 12.0 Å². The van der Waals surface area contributed by atoms with Gasteiger partial charge in [-0.2, -0.15) is 0 Å². The van der Waals surface area contributed by atoms with E-state index in [1.807, 2.05) is 0 Å². The van der Waals surface area contributed by atoms with Gasteiger partial charge in [-0.1, -0.05) is 0 Å². The number of carboxylic acids is 1. The average Bonchev–Trinajstić information content (AvgIpc) is 2.32. The Balaban J connectivity index is 2.29. The van der Waals surface area contributed by atoms with Gasteiger partial charge in [-0.25, -0.2) is 13.6 Å². The standard InChI is InChI=1S/C12H14F2N2O3/c13-8-4-5-10(9(14)7-8)16-12(19)15-6-2-1-3-11(17)18/h4-5,7H,1-3,6H2,(H,17,18)(H2,15,16,19). The van der Waals surface area contributed by atoms with E-state index in [0.717, 1.165) is 12.1 Å². The molecule has 0 saturated heterocycles. The van der Waals surface area contributed by atoms with E-state index in [0.29, 0.717) is 18.9 Å². The Hall–Kier alpha value is -2.18. The summed E-state index contributed by atoms with van der Waals surface area (Å²) in [5.74, 6) is -2.48. The van der Waals surface area contributed by atoms with E-state index in [-0.39, 0.29) is 18.7 Å². The normalized spacial score (nSPS) is 10.0. The predicted molar refractivity (Wildman–Crippen MR) is 64.9 cm³/mol. The molecular weight excluding hydrogens is 258 g/mol. The summed E-state index contributed by atoms with van der Waals surface area (Å²) in [5, 5.41) is 13.1. The van der Waals surface area contributed by atoms with Crippen LogP contribution in [0.4, 0.5) is 19.3 Å². The molecule has 5 nitrogen and oxygen atoms in total. The summed E-state index contributed by atoms with van der Waals surface area (Å²) < 4.78 is 25.8. The van der Waals surface area contributed by atoms with Crippen molar-refractivity contribution < 1.29 is 23.5 Å². The lowest BCUT2D eigenvalue weighted by Gasteiger charge is -2.08. The molecular formula is C12H14F2N2O3. The molecule has 0 aliphatic heterocycles. The van der Waals surface area contributed by atoms with Crippen molar-refractivity contribution in [2.45, 2.75) is 19.3 Å². The molecule has 0 atom stereocenters. The van der Waals surface area contributed by atoms with Crippen LogP contribution >= 0.6 is 0 Å². The number of halogens is 2. The van der Waals surface area contributed by atoms with Gasteiger partial charge in [-0.3, -0.25) is 4.79 Å². The summed E-state index contributed by atoms with van der Waals surface area (Å²) in [6, 6.07) is 2.20. The first-order valence-corrected chi connectivity index (χ1v) is 5.70. The molecule has 1 rings (SSSR count). The monoisotopic (exact) mass is 272 g/mol. The molecule has 104 valence electrons. The van der Waals surface area contributed by atoms with Crippen LogP contribution in [0.2, 0.25) is 0 Å². The highest BCUT2D eigenvalue weighted by Gasteiger charge is 2.07. The maximum Gasteiger partial charge on any atom is 0.319 e. The van der Waals surface area contributed by atoms with Gasteiger partial charge in [0, 0.05) is 19.0 Å². The summed E-state index contributed by atoms with van der Waals surface area (Å²) in [5.41, 5.74) is -0.121. The SMILES string of the molecule is O=C(O)CCCCNC(=O)Nc1ccc(F)cc1F. The Labute approximate surface area is 108 Å². The first-order valence-electron chi connectivity index (χ1n) is 5.70. The minimum Gasteiger partial charge on any atom is -0.481 e. The number of aliphatic carboxylic acids is 1. The van der Waals surface area contributed by atoms with Gasteiger partial charge in [0.05, 0.1) is 5.69 Å². The second kappa shape index (κ2) is 7.30. The van der Waals surface area contributed by atoms with E-state index < -0.39 is 23.6 Å². The Kier molecular flexibility index (Phi) is 5.72. The number of carbonyl (C=O) groups excluding carboxylic acids is 1. The second-order valence-electron chi connectivity index (χ2n) is 3.86. The fourth-order valence-corrected chi connectivity index (χ4v) is 1.36. The van der Waals surface area contributed by atoms with Crippen LogP contribution in [-0.4, -0.2) is 23.7 Å². The highest BCUT2D eigenvalue weighted by atomic mass is 19.1. The molecule has 0 bridgehead atoms. The van der Waals surface area contributed by atoms with Crippen molar-refractivity contribution in [3.63, 3.8) is 0 Å². The van der Waals surface area contributed by atoms with E-state index in [2.05, 4.69) is 10.6 Å². The van der Waals surface area contributed by atoms with Gasteiger partial charge < -0.3 is 15.7 Å². The van der Waals surface area contributed by atoms with Crippen LogP contribution in [0.1, 0.15) is 19.3 Å². The Morgan fingerprint density at radius 3 is 2.58 bits per heavy atom. The molecule has 0 aliphatic rings. The highest BCUT2D eigenvalue weighted by molar-refractivity contribution is 5.89. The second-order valence-corrected chi connectivity index (χ2v) is 3.86. The molecule has 1 aromatic carbocycles. The Morgan fingerprint density at radius 1 is 1.21 bits per heavy atom. The lowest BCUT2D eigenvalue weighted by atomic mass is 10.2. The van der Waals surface area contributed by atoms with Crippen LogP contribution in [0.25, 0.3) is 0 Å². The van der Waals surface area contributed by atoms with E-state index in [9.17, 15) is 18.4 Å². The molecule has 3 N–H and O–H groups in total. The van der Waals surface area contributed by atoms with Crippen molar-refractivity contribution in [3.05, 3.63) is 29.8 Å². The smallest absolute Gasteiger partial charge is 0.319 e. The minimum absolute atomic E-state index is 0.0376. The molecule has 0 fully saturated rings. The molecule has 19 heavy (non-hydrogen) atoms. The number of amides is 2. The van der Waals surface area contributed by atoms with Gasteiger partial charge in [0.2, 0.25) is 0 Å². The van der Waals surface area contributed by atoms with Crippen LogP contribution in [0.3, 0.4) is 0 Å². The molecule has 0 aliphatic carbocycles. The van der Waals surface area contributed by atoms with Gasteiger partial charge in [-0.15, -0.1) is 0 Å². The number of carboxylic acid groups (broad SMARTS) is 1. The third-order valence-corrected chi connectivity index (χ3v) is 2.28. The molecule has 0 heterocycles. The molecule has 0 unspecified atom stereocenters. The number of urea groups is 1. The lowest BCUT2D eigenvalue weighted by molar-refractivity contribution is -0.137. The quantitative estimate of drug-likeness (QED) is 0.695. The molecule has 1 aromatic rings. The first kappa shape index (κ1) is 14.9. The molecule has 7 heteroatoms. The number of hydrogen-bond acceptors (Lipinski definition) is 2. The van der Waals surface area contributed by atoms with Crippen LogP contribution in [0.5, 0.6) is 0 Å². The summed E-state index contributed by atoms with van der Waals surface area (Å²) in [6.07, 6.45) is 0.988. The zero-order valence-electron chi connectivity index (χ0n) is 10.1. The molecule has 0 saturated carbocycles. The van der Waals surface area contributed by atoms with Crippen molar-refractivity contribution in [2.75, 3.05) is 11.9 Å². The first-order chi connectivity index (χ1) is 8.99. The zero-order chi connectivity index (χ0) is 14.3. The lowest BCUT2D eigenvalue weighted by Crippen LogP contribution is -2.29. The van der Waals surface area contributed by atoms with Crippen molar-refractivity contribution in [1.29, 1.82) is 0 Å². The van der Waals surface area contributed by atoms with Crippen molar-refractivity contribution >= 4 is 17.7 Å². The van der Waals surface area contributed by atoms with Crippen molar-refractivity contribution in [3.8, 4) is 0 Å². The van der Waals surface area contributed by atoms with Gasteiger partial charge in [-0.05, 0) is 25.0 Å². The number of unbranched alkanes of at least 4 members (excludes halogenated alkanes) is 1. The van der Waals surface area contributed by atoms with Crippen LogP contribution in [-0.2, 0) is 4.79 Å². The number of anilines is 1. The topological polar surface area (TPSA) is 78.4 Å². The number of rotatable bonds is 6. The fraction of sp³-hybridized carbons (Fsp3) is 0.333. The van der Waals surface area contributed by atoms with Crippen molar-refractivity contribution in [1.82, 2.24) is 5.32 Å². The van der Waals surface area contributed by atoms with E-state index in [4.69, 9.17) is 5.11 Å². The average molecular weight is 272 g/mol. The van der Waals surface area contributed by atoms with E-state index in [1.54, 1.807) is 0 Å². The molecule has 0 spiro atoms. The fourth-order valence-electron chi connectivity index (χ4n) is 1.36. The van der Waals surface area contributed by atoms with Gasteiger partial charge in [0.1, 0.15) is 11.6 Å². The molecule has 0 aromatic heterocycles. The van der Waals surface area contributed by atoms with Gasteiger partial charge in [0.25, 0.3) is 0 Å². The summed E-state index contributed by atoms with van der Waals surface area (Å²) in [6.45, 7) is 0.280. The van der Waals surface area contributed by atoms with Crippen LogP contribution < -0.4 is 10.6 Å². The van der Waals surface area contributed by atoms with Crippen LogP contribution in [0, 0.1) is 11.6 Å². The summed E-state index contributed by atoms with van der Waals surface area (Å²) in [4.78, 5) is 21.6. The van der Waals surface area contributed by atoms with E-state index in [1.165, 1.54) is 0 Å². The highest BCUT2D eigenvalue weighted by Crippen LogP contribution is 2.14. The largest absolute Gasteiger partial charge is 0.481 e. The maximum atomic E-state index is 13.2. The minimum atomic E-state index is -0.891. The van der Waals surface area contributed by atoms with Gasteiger partial charge in [0.15, 0.2) is 0 Å². The van der Waals surface area contributed by atoms with Crippen molar-refractivity contribution in [2.24, 2.45) is 0 Å². The molecule has 0 radical (unpaired) electrons. The molecule has 2 amide bonds. The summed E-state index contributed by atoms with van der Waals surface area (Å²) in [7, 11) is 0. The Bertz CT molecular complexity index is 466. The third kappa shape index (κ3) is 5.80. The number of nitrogens with one attached hydrogen (secondary N) is 2. The Morgan fingerprint density at radius 2 is 1.95 bits per heavy atom. The third-order valence-electron chi connectivity index (χ3n) is 2.28. The summed E-state index contributed by atoms with van der Waals surface area (Å²) >= 11 is 0. The van der Waals surface area contributed by atoms with E-state index >= 15 is 0 Å². The van der Waals surface area contributed by atoms with Crippen LogP contribution in [0.15, 0.2) is 18.2 Å². The number of carbonyl (C=O) groups is 2. The number of benzene rings is 1. The zero-order valence-corrected chi connectivity index (χ0v) is 10.1. The predicted octanol–water partition coefficient (Wildman–Crippen LogP) is 2.34.